The Bertz CT molecular complexity index is 1210. The molecule has 1 aromatic heterocycles. The van der Waals surface area contributed by atoms with Crippen molar-refractivity contribution >= 4 is 29.3 Å². The number of hydrogen-bond donors (Lipinski definition) is 1. The van der Waals surface area contributed by atoms with Crippen molar-refractivity contribution in [1.29, 1.82) is 0 Å². The standard InChI is InChI=1S/C26H28N4O4S/c1-29-13-11-27-26(29)35-17-24(31)28-20-8-5-18(6-9-20)25(32)30-12-2-4-21(30)19-7-10-22-23(16-19)34-15-3-14-33-22/h5-11,13,16,21H,2-4,12,14-15,17H2,1H3,(H,28,31)/t21-/m1/s1. The molecule has 8 nitrogen and oxygen atoms in total. The van der Waals surface area contributed by atoms with Crippen molar-refractivity contribution in [2.45, 2.75) is 30.5 Å². The molecule has 2 aliphatic heterocycles. The Balaban J connectivity index is 1.22. The first-order chi connectivity index (χ1) is 17.1. The van der Waals surface area contributed by atoms with Crippen LogP contribution in [0.25, 0.3) is 0 Å². The summed E-state index contributed by atoms with van der Waals surface area (Å²) in [7, 11) is 1.89. The summed E-state index contributed by atoms with van der Waals surface area (Å²) < 4.78 is 13.5. The number of aryl methyl sites for hydroxylation is 1. The number of imidazole rings is 1. The molecule has 0 saturated carbocycles. The number of thioether (sulfide) groups is 1. The van der Waals surface area contributed by atoms with Crippen molar-refractivity contribution in [3.63, 3.8) is 0 Å². The zero-order valence-electron chi connectivity index (χ0n) is 19.6. The average Bonchev–Trinajstić information content (AvgIpc) is 3.45. The number of ether oxygens (including phenoxy) is 2. The molecule has 2 amide bonds. The van der Waals surface area contributed by atoms with E-state index in [-0.39, 0.29) is 23.6 Å². The van der Waals surface area contributed by atoms with Gasteiger partial charge in [0.2, 0.25) is 5.91 Å². The largest absolute Gasteiger partial charge is 0.490 e. The summed E-state index contributed by atoms with van der Waals surface area (Å²) >= 11 is 1.38. The summed E-state index contributed by atoms with van der Waals surface area (Å²) in [6.07, 6.45) is 6.27. The third-order valence-electron chi connectivity index (χ3n) is 6.19. The van der Waals surface area contributed by atoms with Gasteiger partial charge in [0.1, 0.15) is 0 Å². The van der Waals surface area contributed by atoms with Crippen molar-refractivity contribution < 1.29 is 19.1 Å². The number of carbonyl (C=O) groups is 2. The first-order valence-corrected chi connectivity index (χ1v) is 12.8. The monoisotopic (exact) mass is 492 g/mol. The second-order valence-electron chi connectivity index (χ2n) is 8.65. The number of aromatic nitrogens is 2. The number of likely N-dealkylation sites (tertiary alicyclic amines) is 1. The van der Waals surface area contributed by atoms with Gasteiger partial charge in [0, 0.05) is 43.7 Å². The highest BCUT2D eigenvalue weighted by Crippen LogP contribution is 2.38. The Kier molecular flexibility index (Phi) is 6.94. The van der Waals surface area contributed by atoms with Crippen LogP contribution in [-0.2, 0) is 11.8 Å². The van der Waals surface area contributed by atoms with Crippen LogP contribution in [-0.4, -0.2) is 51.8 Å². The van der Waals surface area contributed by atoms with Gasteiger partial charge >= 0.3 is 0 Å². The number of nitrogens with one attached hydrogen (secondary N) is 1. The van der Waals surface area contributed by atoms with Crippen LogP contribution in [0.4, 0.5) is 5.69 Å². The van der Waals surface area contributed by atoms with Crippen LogP contribution in [0.2, 0.25) is 0 Å². The second-order valence-corrected chi connectivity index (χ2v) is 9.59. The third-order valence-corrected chi connectivity index (χ3v) is 7.25. The normalized spacial score (nSPS) is 17.2. The fraction of sp³-hybridized carbons (Fsp3) is 0.346. The van der Waals surface area contributed by atoms with E-state index in [2.05, 4.69) is 10.3 Å². The molecule has 2 aliphatic rings. The van der Waals surface area contributed by atoms with Crippen molar-refractivity contribution in [2.75, 3.05) is 30.8 Å². The molecule has 0 unspecified atom stereocenters. The maximum absolute atomic E-state index is 13.3. The SMILES string of the molecule is Cn1ccnc1SCC(=O)Nc1ccc(C(=O)N2CCC[C@@H]2c2ccc3c(c2)OCCCO3)cc1. The first kappa shape index (κ1) is 23.3. The van der Waals surface area contributed by atoms with Gasteiger partial charge in [0.15, 0.2) is 16.7 Å². The highest BCUT2D eigenvalue weighted by Gasteiger charge is 2.31. The lowest BCUT2D eigenvalue weighted by Crippen LogP contribution is -2.30. The minimum Gasteiger partial charge on any atom is -0.490 e. The summed E-state index contributed by atoms with van der Waals surface area (Å²) in [4.78, 5) is 31.8. The van der Waals surface area contributed by atoms with E-state index in [1.807, 2.05) is 40.9 Å². The highest BCUT2D eigenvalue weighted by molar-refractivity contribution is 7.99. The summed E-state index contributed by atoms with van der Waals surface area (Å²) in [5.74, 6) is 1.64. The second kappa shape index (κ2) is 10.4. The fourth-order valence-electron chi connectivity index (χ4n) is 4.42. The van der Waals surface area contributed by atoms with Gasteiger partial charge in [-0.05, 0) is 54.8 Å². The molecule has 182 valence electrons. The lowest BCUT2D eigenvalue weighted by atomic mass is 10.0. The molecule has 0 bridgehead atoms. The molecule has 2 aromatic carbocycles. The van der Waals surface area contributed by atoms with Crippen LogP contribution in [0.5, 0.6) is 11.5 Å². The Hall–Kier alpha value is -3.46. The van der Waals surface area contributed by atoms with Crippen molar-refractivity contribution in [2.24, 2.45) is 7.05 Å². The third kappa shape index (κ3) is 5.30. The van der Waals surface area contributed by atoms with Gasteiger partial charge in [-0.15, -0.1) is 0 Å². The number of amides is 2. The van der Waals surface area contributed by atoms with E-state index in [9.17, 15) is 9.59 Å². The van der Waals surface area contributed by atoms with Crippen LogP contribution in [0.15, 0.2) is 60.0 Å². The molecular formula is C26H28N4O4S. The number of fused-ring (bicyclic) bond motifs is 1. The van der Waals surface area contributed by atoms with Crippen LogP contribution in [0.3, 0.4) is 0 Å². The Labute approximate surface area is 208 Å². The van der Waals surface area contributed by atoms with Crippen molar-refractivity contribution in [3.8, 4) is 11.5 Å². The zero-order valence-corrected chi connectivity index (χ0v) is 20.4. The number of rotatable bonds is 6. The van der Waals surface area contributed by atoms with Crippen LogP contribution >= 0.6 is 11.8 Å². The van der Waals surface area contributed by atoms with E-state index in [1.54, 1.807) is 30.5 Å². The summed E-state index contributed by atoms with van der Waals surface area (Å²) in [5.41, 5.74) is 2.33. The predicted molar refractivity (Wildman–Crippen MR) is 134 cm³/mol. The molecule has 0 spiro atoms. The molecule has 35 heavy (non-hydrogen) atoms. The molecule has 0 radical (unpaired) electrons. The minimum absolute atomic E-state index is 0.00202. The topological polar surface area (TPSA) is 85.7 Å². The van der Waals surface area contributed by atoms with E-state index in [0.29, 0.717) is 31.0 Å². The molecule has 3 heterocycles. The molecule has 9 heteroatoms. The molecule has 1 fully saturated rings. The number of carbonyl (C=O) groups excluding carboxylic acids is 2. The zero-order chi connectivity index (χ0) is 24.2. The van der Waals surface area contributed by atoms with Crippen LogP contribution in [0.1, 0.15) is 41.2 Å². The van der Waals surface area contributed by atoms with E-state index in [4.69, 9.17) is 9.47 Å². The van der Waals surface area contributed by atoms with Crippen molar-refractivity contribution in [1.82, 2.24) is 14.5 Å². The smallest absolute Gasteiger partial charge is 0.254 e. The molecule has 1 saturated heterocycles. The van der Waals surface area contributed by atoms with Gasteiger partial charge in [0.25, 0.3) is 5.91 Å². The maximum Gasteiger partial charge on any atom is 0.254 e. The van der Waals surface area contributed by atoms with E-state index in [1.165, 1.54) is 11.8 Å². The minimum atomic E-state index is -0.119. The van der Waals surface area contributed by atoms with Gasteiger partial charge in [-0.2, -0.15) is 0 Å². The Morgan fingerprint density at radius 2 is 1.89 bits per heavy atom. The summed E-state index contributed by atoms with van der Waals surface area (Å²) in [5, 5.41) is 3.67. The Morgan fingerprint density at radius 1 is 1.09 bits per heavy atom. The number of benzene rings is 2. The van der Waals surface area contributed by atoms with E-state index < -0.39 is 0 Å². The summed E-state index contributed by atoms with van der Waals surface area (Å²) in [6, 6.07) is 13.1. The Morgan fingerprint density at radius 3 is 2.66 bits per heavy atom. The number of hydrogen-bond acceptors (Lipinski definition) is 6. The fourth-order valence-corrected chi connectivity index (χ4v) is 5.16. The van der Waals surface area contributed by atoms with Gasteiger partial charge in [-0.25, -0.2) is 4.98 Å². The van der Waals surface area contributed by atoms with Gasteiger partial charge in [-0.1, -0.05) is 17.8 Å². The van der Waals surface area contributed by atoms with Crippen molar-refractivity contribution in [3.05, 3.63) is 66.0 Å². The molecule has 1 N–H and O–H groups in total. The van der Waals surface area contributed by atoms with Gasteiger partial charge in [0.05, 0.1) is 25.0 Å². The maximum atomic E-state index is 13.3. The van der Waals surface area contributed by atoms with Crippen LogP contribution in [0, 0.1) is 0 Å². The number of nitrogens with zero attached hydrogens (tertiary/aromatic N) is 3. The molecule has 1 atom stereocenters. The molecular weight excluding hydrogens is 464 g/mol. The molecule has 0 aliphatic carbocycles. The quantitative estimate of drug-likeness (QED) is 0.517. The van der Waals surface area contributed by atoms with Gasteiger partial charge < -0.3 is 24.3 Å². The predicted octanol–water partition coefficient (Wildman–Crippen LogP) is 4.29. The van der Waals surface area contributed by atoms with E-state index >= 15 is 0 Å². The summed E-state index contributed by atoms with van der Waals surface area (Å²) in [6.45, 7) is 2.00. The molecule has 3 aromatic rings. The van der Waals surface area contributed by atoms with Gasteiger partial charge in [-0.3, -0.25) is 9.59 Å². The highest BCUT2D eigenvalue weighted by atomic mass is 32.2. The average molecular weight is 493 g/mol. The number of anilines is 1. The molecule has 5 rings (SSSR count). The lowest BCUT2D eigenvalue weighted by molar-refractivity contribution is -0.113. The lowest BCUT2D eigenvalue weighted by Gasteiger charge is -2.26. The van der Waals surface area contributed by atoms with E-state index in [0.717, 1.165) is 41.5 Å². The first-order valence-electron chi connectivity index (χ1n) is 11.8. The van der Waals surface area contributed by atoms with Crippen LogP contribution < -0.4 is 14.8 Å².